The van der Waals surface area contributed by atoms with Gasteiger partial charge in [-0.15, -0.1) is 0 Å². The summed E-state index contributed by atoms with van der Waals surface area (Å²) < 4.78 is 1.04. The van der Waals surface area contributed by atoms with Crippen molar-refractivity contribution in [1.29, 1.82) is 0 Å². The van der Waals surface area contributed by atoms with Crippen molar-refractivity contribution in [3.63, 3.8) is 0 Å². The maximum atomic E-state index is 3.50. The predicted octanol–water partition coefficient (Wildman–Crippen LogP) is 1.01. The van der Waals surface area contributed by atoms with Gasteiger partial charge in [-0.1, -0.05) is 6.92 Å². The third-order valence-electron chi connectivity index (χ3n) is 2.67. The van der Waals surface area contributed by atoms with Crippen LogP contribution in [-0.2, 0) is 0 Å². The lowest BCUT2D eigenvalue weighted by Gasteiger charge is -2.26. The average Bonchev–Trinajstić information content (AvgIpc) is 2.08. The molecule has 0 rings (SSSR count). The Bertz CT molecular complexity index is 149. The van der Waals surface area contributed by atoms with Crippen molar-refractivity contribution in [2.45, 2.75) is 26.8 Å². The lowest BCUT2D eigenvalue weighted by atomic mass is 10.3. The highest BCUT2D eigenvalue weighted by Crippen LogP contribution is 1.95. The van der Waals surface area contributed by atoms with Crippen LogP contribution >= 0.6 is 0 Å². The number of quaternary nitrogens is 1. The van der Waals surface area contributed by atoms with Crippen LogP contribution < -0.4 is 5.32 Å². The molecule has 0 atom stereocenters. The maximum absolute atomic E-state index is 3.50. The normalized spacial score (nSPS) is 12.8. The van der Waals surface area contributed by atoms with Crippen LogP contribution in [0.3, 0.4) is 0 Å². The van der Waals surface area contributed by atoms with Crippen LogP contribution in [0.15, 0.2) is 0 Å². The molecule has 0 aliphatic carbocycles. The number of rotatable bonds is 8. The average molecular weight is 216 g/mol. The molecule has 0 unspecified atom stereocenters. The minimum atomic E-state index is 0.662. The van der Waals surface area contributed by atoms with Crippen molar-refractivity contribution < 1.29 is 4.48 Å². The Hall–Kier alpha value is -0.120. The number of nitrogens with one attached hydrogen (secondary N) is 1. The summed E-state index contributed by atoms with van der Waals surface area (Å²) in [6.45, 7) is 12.5. The van der Waals surface area contributed by atoms with E-state index >= 15 is 0 Å². The Balaban J connectivity index is 3.45. The lowest BCUT2D eigenvalue weighted by molar-refractivity contribution is -0.869. The van der Waals surface area contributed by atoms with E-state index in [0.717, 1.165) is 30.7 Å². The molecule has 0 aromatic rings. The van der Waals surface area contributed by atoms with Crippen molar-refractivity contribution in [3.05, 3.63) is 0 Å². The molecule has 0 aliphatic heterocycles. The van der Waals surface area contributed by atoms with E-state index in [2.05, 4.69) is 52.1 Å². The Morgan fingerprint density at radius 2 is 1.73 bits per heavy atom. The van der Waals surface area contributed by atoms with Gasteiger partial charge in [-0.2, -0.15) is 0 Å². The third kappa shape index (κ3) is 8.85. The minimum absolute atomic E-state index is 0.662. The number of hydrogen-bond acceptors (Lipinski definition) is 2. The van der Waals surface area contributed by atoms with E-state index in [1.807, 2.05) is 0 Å². The molecule has 3 heteroatoms. The fourth-order valence-corrected chi connectivity index (χ4v) is 1.54. The summed E-state index contributed by atoms with van der Waals surface area (Å²) in [6.07, 6.45) is 0. The Morgan fingerprint density at radius 1 is 1.13 bits per heavy atom. The van der Waals surface area contributed by atoms with E-state index < -0.39 is 0 Å². The minimum Gasteiger partial charge on any atom is -0.330 e. The molecule has 92 valence electrons. The van der Waals surface area contributed by atoms with Gasteiger partial charge >= 0.3 is 0 Å². The highest BCUT2D eigenvalue weighted by Gasteiger charge is 2.07. The van der Waals surface area contributed by atoms with Gasteiger partial charge in [0.25, 0.3) is 0 Å². The molecule has 0 radical (unpaired) electrons. The molecule has 1 N–H and O–H groups in total. The molecule has 0 amide bonds. The molecule has 15 heavy (non-hydrogen) atoms. The number of likely N-dealkylation sites (N-methyl/N-ethyl adjacent to an activating group) is 2. The van der Waals surface area contributed by atoms with Crippen LogP contribution in [0.25, 0.3) is 0 Å². The molecule has 0 saturated heterocycles. The van der Waals surface area contributed by atoms with Crippen LogP contribution in [0, 0.1) is 0 Å². The molecule has 0 fully saturated rings. The maximum Gasteiger partial charge on any atom is 0.0907 e. The Labute approximate surface area is 96.0 Å². The summed E-state index contributed by atoms with van der Waals surface area (Å²) in [5.41, 5.74) is 0. The second-order valence-corrected chi connectivity index (χ2v) is 5.49. The van der Waals surface area contributed by atoms with Crippen LogP contribution in [0.2, 0.25) is 0 Å². The van der Waals surface area contributed by atoms with E-state index in [4.69, 9.17) is 0 Å². The zero-order valence-corrected chi connectivity index (χ0v) is 11.5. The smallest absolute Gasteiger partial charge is 0.0907 e. The van der Waals surface area contributed by atoms with Crippen LogP contribution in [-0.4, -0.2) is 69.3 Å². The molecule has 3 nitrogen and oxygen atoms in total. The molecular formula is C12H30N3+. The van der Waals surface area contributed by atoms with Crippen molar-refractivity contribution in [2.24, 2.45) is 0 Å². The standard InChI is InChI=1S/C12H30N3/c1-7-14(12(2)3)10-8-13-9-11-15(4,5)6/h12-13H,7-11H2,1-6H3/q+1. The molecule has 0 aliphatic rings. The van der Waals surface area contributed by atoms with Gasteiger partial charge in [0.15, 0.2) is 0 Å². The monoisotopic (exact) mass is 216 g/mol. The van der Waals surface area contributed by atoms with E-state index in [9.17, 15) is 0 Å². The van der Waals surface area contributed by atoms with Gasteiger partial charge in [0.1, 0.15) is 0 Å². The molecular weight excluding hydrogens is 186 g/mol. The fraction of sp³-hybridized carbons (Fsp3) is 1.00. The SMILES string of the molecule is CCN(CCNCC[N+](C)(C)C)C(C)C. The first-order valence-electron chi connectivity index (χ1n) is 6.12. The summed E-state index contributed by atoms with van der Waals surface area (Å²) in [6, 6.07) is 0.662. The van der Waals surface area contributed by atoms with Gasteiger partial charge in [-0.05, 0) is 20.4 Å². The van der Waals surface area contributed by atoms with Gasteiger partial charge in [-0.3, -0.25) is 4.90 Å². The number of nitrogens with zero attached hydrogens (tertiary/aromatic N) is 2. The van der Waals surface area contributed by atoms with Crippen molar-refractivity contribution in [1.82, 2.24) is 10.2 Å². The third-order valence-corrected chi connectivity index (χ3v) is 2.67. The van der Waals surface area contributed by atoms with Crippen molar-refractivity contribution in [3.8, 4) is 0 Å². The molecule has 0 aromatic heterocycles. The van der Waals surface area contributed by atoms with E-state index in [1.165, 1.54) is 6.54 Å². The summed E-state index contributed by atoms with van der Waals surface area (Å²) in [5, 5.41) is 3.50. The topological polar surface area (TPSA) is 15.3 Å². The van der Waals surface area contributed by atoms with Gasteiger partial charge in [0.2, 0.25) is 0 Å². The highest BCUT2D eigenvalue weighted by atomic mass is 15.3. The number of hydrogen-bond donors (Lipinski definition) is 1. The molecule has 0 bridgehead atoms. The van der Waals surface area contributed by atoms with Gasteiger partial charge < -0.3 is 9.80 Å². The molecule has 0 spiro atoms. The molecule has 0 saturated carbocycles. The van der Waals surface area contributed by atoms with Crippen LogP contribution in [0.4, 0.5) is 0 Å². The molecule has 0 aromatic carbocycles. The summed E-state index contributed by atoms with van der Waals surface area (Å²) in [5.74, 6) is 0. The Kier molecular flexibility index (Phi) is 7.14. The van der Waals surface area contributed by atoms with Crippen LogP contribution in [0.1, 0.15) is 20.8 Å². The zero-order valence-electron chi connectivity index (χ0n) is 11.5. The van der Waals surface area contributed by atoms with Crippen molar-refractivity contribution >= 4 is 0 Å². The first-order valence-corrected chi connectivity index (χ1v) is 6.12. The van der Waals surface area contributed by atoms with Gasteiger partial charge in [0, 0.05) is 25.7 Å². The summed E-state index contributed by atoms with van der Waals surface area (Å²) in [7, 11) is 6.69. The summed E-state index contributed by atoms with van der Waals surface area (Å²) in [4.78, 5) is 2.49. The zero-order chi connectivity index (χ0) is 11.9. The summed E-state index contributed by atoms with van der Waals surface area (Å²) >= 11 is 0. The first-order chi connectivity index (χ1) is 6.87. The highest BCUT2D eigenvalue weighted by molar-refractivity contribution is 4.61. The van der Waals surface area contributed by atoms with Crippen LogP contribution in [0.5, 0.6) is 0 Å². The fourth-order valence-electron chi connectivity index (χ4n) is 1.54. The van der Waals surface area contributed by atoms with Gasteiger partial charge in [0.05, 0.1) is 27.7 Å². The largest absolute Gasteiger partial charge is 0.330 e. The molecule has 0 heterocycles. The lowest BCUT2D eigenvalue weighted by Crippen LogP contribution is -2.42. The van der Waals surface area contributed by atoms with E-state index in [0.29, 0.717) is 6.04 Å². The Morgan fingerprint density at radius 3 is 2.13 bits per heavy atom. The second-order valence-electron chi connectivity index (χ2n) is 5.49. The van der Waals surface area contributed by atoms with Gasteiger partial charge in [-0.25, -0.2) is 0 Å². The predicted molar refractivity (Wildman–Crippen MR) is 68.2 cm³/mol. The van der Waals surface area contributed by atoms with E-state index in [1.54, 1.807) is 0 Å². The quantitative estimate of drug-likeness (QED) is 0.481. The first kappa shape index (κ1) is 14.9. The van der Waals surface area contributed by atoms with Crippen molar-refractivity contribution in [2.75, 3.05) is 53.9 Å². The van der Waals surface area contributed by atoms with E-state index in [-0.39, 0.29) is 0 Å². The second kappa shape index (κ2) is 7.20.